The predicted octanol–water partition coefficient (Wildman–Crippen LogP) is 1.32. The van der Waals surface area contributed by atoms with E-state index in [1.54, 1.807) is 27.7 Å². The zero-order valence-electron chi connectivity index (χ0n) is 15.9. The molecular weight excluding hydrogens is 372 g/mol. The lowest BCUT2D eigenvalue weighted by Gasteiger charge is -2.34. The van der Waals surface area contributed by atoms with Crippen LogP contribution in [0.1, 0.15) is 38.1 Å². The highest BCUT2D eigenvalue weighted by Crippen LogP contribution is 2.22. The number of aliphatic carboxylic acids is 1. The van der Waals surface area contributed by atoms with E-state index in [4.69, 9.17) is 4.74 Å². The van der Waals surface area contributed by atoms with Crippen LogP contribution in [-0.2, 0) is 19.6 Å². The average Bonchev–Trinajstić information content (AvgIpc) is 2.58. The van der Waals surface area contributed by atoms with Gasteiger partial charge in [-0.3, -0.25) is 4.79 Å². The molecule has 1 aromatic carbocycles. The molecule has 1 amide bonds. The topological polar surface area (TPSA) is 113 Å². The van der Waals surface area contributed by atoms with Gasteiger partial charge in [0.25, 0.3) is 5.91 Å². The van der Waals surface area contributed by atoms with Crippen LogP contribution in [0.15, 0.2) is 29.2 Å². The van der Waals surface area contributed by atoms with Crippen molar-refractivity contribution in [3.63, 3.8) is 0 Å². The van der Waals surface area contributed by atoms with E-state index in [-0.39, 0.29) is 41.7 Å². The molecule has 0 spiro atoms. The van der Waals surface area contributed by atoms with Crippen molar-refractivity contribution >= 4 is 21.9 Å². The second-order valence-corrected chi connectivity index (χ2v) is 9.08. The number of amides is 1. The van der Waals surface area contributed by atoms with Crippen LogP contribution >= 0.6 is 0 Å². The molecule has 9 heteroatoms. The van der Waals surface area contributed by atoms with Crippen molar-refractivity contribution in [3.05, 3.63) is 29.8 Å². The maximum atomic E-state index is 12.9. The van der Waals surface area contributed by atoms with E-state index >= 15 is 0 Å². The summed E-state index contributed by atoms with van der Waals surface area (Å²) >= 11 is 0. The van der Waals surface area contributed by atoms with Gasteiger partial charge in [-0.25, -0.2) is 13.2 Å². The van der Waals surface area contributed by atoms with Crippen LogP contribution in [0.3, 0.4) is 0 Å². The Morgan fingerprint density at radius 2 is 1.81 bits per heavy atom. The molecule has 1 saturated heterocycles. The van der Waals surface area contributed by atoms with Crippen LogP contribution in [-0.4, -0.2) is 61.0 Å². The number of sulfonamides is 1. The van der Waals surface area contributed by atoms with Gasteiger partial charge in [-0.05, 0) is 38.0 Å². The first-order valence-electron chi connectivity index (χ1n) is 8.81. The van der Waals surface area contributed by atoms with Gasteiger partial charge in [0.05, 0.1) is 17.1 Å². The number of carboxylic acids is 1. The Balaban J connectivity index is 2.26. The van der Waals surface area contributed by atoms with Crippen molar-refractivity contribution in [2.24, 2.45) is 5.92 Å². The summed E-state index contributed by atoms with van der Waals surface area (Å²) in [5.41, 5.74) is 0.0948. The van der Waals surface area contributed by atoms with Gasteiger partial charge >= 0.3 is 5.97 Å². The highest BCUT2D eigenvalue weighted by Gasteiger charge is 2.32. The fourth-order valence-electron chi connectivity index (χ4n) is 3.01. The van der Waals surface area contributed by atoms with Crippen molar-refractivity contribution < 1.29 is 27.9 Å². The molecule has 8 nitrogen and oxygen atoms in total. The van der Waals surface area contributed by atoms with E-state index in [1.807, 2.05) is 0 Å². The lowest BCUT2D eigenvalue weighted by Crippen LogP contribution is -2.48. The second kappa shape index (κ2) is 8.37. The van der Waals surface area contributed by atoms with Crippen molar-refractivity contribution in [1.29, 1.82) is 0 Å². The standard InChI is InChI=1S/C18H26N2O6S/c1-11(2)16(18(22)23)19-17(21)14-6-5-7-15(8-14)27(24,25)20-9-12(3)26-13(4)10-20/h5-8,11-13,16H,9-10H2,1-4H3,(H,19,21)(H,22,23). The third-order valence-corrected chi connectivity index (χ3v) is 6.17. The molecule has 1 aliphatic heterocycles. The van der Waals surface area contributed by atoms with Crippen molar-refractivity contribution in [2.75, 3.05) is 13.1 Å². The van der Waals surface area contributed by atoms with Gasteiger partial charge < -0.3 is 15.2 Å². The number of rotatable bonds is 6. The number of hydrogen-bond donors (Lipinski definition) is 2. The molecule has 0 radical (unpaired) electrons. The number of benzene rings is 1. The molecule has 1 heterocycles. The Morgan fingerprint density at radius 1 is 1.22 bits per heavy atom. The smallest absolute Gasteiger partial charge is 0.326 e. The molecule has 1 aromatic rings. The minimum absolute atomic E-state index is 0.00660. The molecular formula is C18H26N2O6S. The number of nitrogens with one attached hydrogen (secondary N) is 1. The van der Waals surface area contributed by atoms with Gasteiger partial charge in [0, 0.05) is 18.7 Å². The highest BCUT2D eigenvalue weighted by molar-refractivity contribution is 7.89. The van der Waals surface area contributed by atoms with Crippen molar-refractivity contribution in [3.8, 4) is 0 Å². The van der Waals surface area contributed by atoms with Gasteiger partial charge in [0.15, 0.2) is 0 Å². The van der Waals surface area contributed by atoms with E-state index in [1.165, 1.54) is 28.6 Å². The molecule has 2 N–H and O–H groups in total. The van der Waals surface area contributed by atoms with Crippen molar-refractivity contribution in [1.82, 2.24) is 9.62 Å². The Labute approximate surface area is 159 Å². The summed E-state index contributed by atoms with van der Waals surface area (Å²) in [5, 5.41) is 11.7. The van der Waals surface area contributed by atoms with Crippen LogP contribution < -0.4 is 5.32 Å². The summed E-state index contributed by atoms with van der Waals surface area (Å²) in [5.74, 6) is -2.08. The monoisotopic (exact) mass is 398 g/mol. The van der Waals surface area contributed by atoms with Gasteiger partial charge in [0.2, 0.25) is 10.0 Å². The summed E-state index contributed by atoms with van der Waals surface area (Å²) in [4.78, 5) is 23.7. The number of nitrogens with zero attached hydrogens (tertiary/aromatic N) is 1. The van der Waals surface area contributed by atoms with Gasteiger partial charge in [-0.1, -0.05) is 19.9 Å². The first-order valence-corrected chi connectivity index (χ1v) is 10.3. The molecule has 0 saturated carbocycles. The van der Waals surface area contributed by atoms with E-state index < -0.39 is 27.9 Å². The largest absolute Gasteiger partial charge is 0.480 e. The van der Waals surface area contributed by atoms with E-state index in [9.17, 15) is 23.1 Å². The van der Waals surface area contributed by atoms with Crippen LogP contribution in [0.4, 0.5) is 0 Å². The number of hydrogen-bond acceptors (Lipinski definition) is 5. The number of morpholine rings is 1. The summed E-state index contributed by atoms with van der Waals surface area (Å²) in [7, 11) is -3.79. The Bertz CT molecular complexity index is 798. The van der Waals surface area contributed by atoms with Crippen LogP contribution in [0.25, 0.3) is 0 Å². The summed E-state index contributed by atoms with van der Waals surface area (Å²) < 4.78 is 32.8. The number of carbonyl (C=O) groups is 2. The lowest BCUT2D eigenvalue weighted by molar-refractivity contribution is -0.140. The number of ether oxygens (including phenoxy) is 1. The summed E-state index contributed by atoms with van der Waals surface area (Å²) in [6.45, 7) is 7.44. The van der Waals surface area contributed by atoms with Gasteiger partial charge in [-0.2, -0.15) is 4.31 Å². The minimum atomic E-state index is -3.79. The molecule has 0 bridgehead atoms. The summed E-state index contributed by atoms with van der Waals surface area (Å²) in [6, 6.07) is 4.57. The minimum Gasteiger partial charge on any atom is -0.480 e. The quantitative estimate of drug-likeness (QED) is 0.747. The zero-order valence-corrected chi connectivity index (χ0v) is 16.7. The maximum absolute atomic E-state index is 12.9. The van der Waals surface area contributed by atoms with Gasteiger partial charge in [-0.15, -0.1) is 0 Å². The van der Waals surface area contributed by atoms with E-state index in [2.05, 4.69) is 5.32 Å². The Hall–Kier alpha value is -1.97. The molecule has 150 valence electrons. The molecule has 2 rings (SSSR count). The van der Waals surface area contributed by atoms with E-state index in [0.717, 1.165) is 0 Å². The normalized spacial score (nSPS) is 22.4. The first kappa shape index (κ1) is 21.3. The third-order valence-electron chi connectivity index (χ3n) is 4.34. The molecule has 0 aromatic heterocycles. The van der Waals surface area contributed by atoms with Crippen LogP contribution in [0.2, 0.25) is 0 Å². The highest BCUT2D eigenvalue weighted by atomic mass is 32.2. The molecule has 1 fully saturated rings. The van der Waals surface area contributed by atoms with Gasteiger partial charge in [0.1, 0.15) is 6.04 Å². The predicted molar refractivity (Wildman–Crippen MR) is 98.9 cm³/mol. The first-order chi connectivity index (χ1) is 12.5. The summed E-state index contributed by atoms with van der Waals surface area (Å²) in [6.07, 6.45) is -0.449. The fourth-order valence-corrected chi connectivity index (χ4v) is 4.65. The fraction of sp³-hybridized carbons (Fsp3) is 0.556. The Kier molecular flexibility index (Phi) is 6.61. The zero-order chi connectivity index (χ0) is 20.4. The molecule has 1 aliphatic rings. The third kappa shape index (κ3) is 5.06. The molecule has 0 aliphatic carbocycles. The lowest BCUT2D eigenvalue weighted by atomic mass is 10.0. The van der Waals surface area contributed by atoms with Crippen molar-refractivity contribution in [2.45, 2.75) is 50.8 Å². The molecule has 3 atom stereocenters. The number of carbonyl (C=O) groups excluding carboxylic acids is 1. The van der Waals surface area contributed by atoms with E-state index in [0.29, 0.717) is 0 Å². The van der Waals surface area contributed by atoms with Crippen LogP contribution in [0, 0.1) is 5.92 Å². The maximum Gasteiger partial charge on any atom is 0.326 e. The molecule has 27 heavy (non-hydrogen) atoms. The Morgan fingerprint density at radius 3 is 2.33 bits per heavy atom. The SMILES string of the molecule is CC1CN(S(=O)(=O)c2cccc(C(=O)NC(C(=O)O)C(C)C)c2)CC(C)O1. The van der Waals surface area contributed by atoms with Crippen LogP contribution in [0.5, 0.6) is 0 Å². The molecule has 3 unspecified atom stereocenters. The number of carboxylic acid groups (broad SMARTS) is 1. The average molecular weight is 398 g/mol. The second-order valence-electron chi connectivity index (χ2n) is 7.14.